The van der Waals surface area contributed by atoms with Gasteiger partial charge in [0.15, 0.2) is 0 Å². The highest BCUT2D eigenvalue weighted by Crippen LogP contribution is 2.16. The molecule has 0 unspecified atom stereocenters. The molecule has 3 aromatic rings. The van der Waals surface area contributed by atoms with Crippen LogP contribution in [0.25, 0.3) is 11.4 Å². The van der Waals surface area contributed by atoms with E-state index in [1.807, 2.05) is 30.3 Å². The van der Waals surface area contributed by atoms with Gasteiger partial charge in [0.05, 0.1) is 11.4 Å². The summed E-state index contributed by atoms with van der Waals surface area (Å²) >= 11 is 0. The lowest BCUT2D eigenvalue weighted by molar-refractivity contribution is 0.0946. The van der Waals surface area contributed by atoms with E-state index < -0.39 is 10.0 Å². The van der Waals surface area contributed by atoms with Crippen LogP contribution < -0.4 is 5.32 Å². The van der Waals surface area contributed by atoms with E-state index in [0.29, 0.717) is 11.4 Å². The minimum atomic E-state index is -3.53. The van der Waals surface area contributed by atoms with Crippen molar-refractivity contribution in [3.8, 4) is 11.4 Å². The number of carbonyl (C=O) groups is 1. The lowest BCUT2D eigenvalue weighted by Crippen LogP contribution is -2.24. The number of benzene rings is 2. The molecular weight excluding hydrogens is 368 g/mol. The van der Waals surface area contributed by atoms with Crippen LogP contribution in [0.15, 0.2) is 64.0 Å². The minimum absolute atomic E-state index is 0.0659. The number of hydrogen-bond donors (Lipinski definition) is 1. The van der Waals surface area contributed by atoms with Gasteiger partial charge in [0.2, 0.25) is 21.7 Å². The van der Waals surface area contributed by atoms with Crippen LogP contribution >= 0.6 is 0 Å². The van der Waals surface area contributed by atoms with E-state index in [2.05, 4.69) is 15.5 Å². The fraction of sp³-hybridized carbons (Fsp3) is 0.167. The summed E-state index contributed by atoms with van der Waals surface area (Å²) in [5.41, 5.74) is 1.15. The van der Waals surface area contributed by atoms with Gasteiger partial charge in [-0.3, -0.25) is 4.79 Å². The van der Waals surface area contributed by atoms with E-state index >= 15 is 0 Å². The van der Waals surface area contributed by atoms with Gasteiger partial charge in [-0.1, -0.05) is 35.5 Å². The fourth-order valence-corrected chi connectivity index (χ4v) is 3.18. The average molecular weight is 386 g/mol. The number of amides is 1. The van der Waals surface area contributed by atoms with Gasteiger partial charge in [-0.05, 0) is 24.3 Å². The molecule has 1 aromatic heterocycles. The maximum atomic E-state index is 12.2. The van der Waals surface area contributed by atoms with Gasteiger partial charge in [-0.25, -0.2) is 12.7 Å². The molecule has 1 heterocycles. The highest BCUT2D eigenvalue weighted by molar-refractivity contribution is 7.89. The van der Waals surface area contributed by atoms with Crippen molar-refractivity contribution in [1.82, 2.24) is 19.8 Å². The van der Waals surface area contributed by atoms with Crippen LogP contribution in [0, 0.1) is 0 Å². The van der Waals surface area contributed by atoms with Crippen LogP contribution in [0.2, 0.25) is 0 Å². The number of hydrogen-bond acceptors (Lipinski definition) is 6. The van der Waals surface area contributed by atoms with Gasteiger partial charge < -0.3 is 9.84 Å². The topological polar surface area (TPSA) is 105 Å². The summed E-state index contributed by atoms with van der Waals surface area (Å²) in [7, 11) is -0.633. The molecular formula is C18H18N4O4S. The Morgan fingerprint density at radius 1 is 1.07 bits per heavy atom. The Morgan fingerprint density at radius 2 is 1.74 bits per heavy atom. The molecule has 0 aliphatic rings. The van der Waals surface area contributed by atoms with Crippen LogP contribution in [-0.4, -0.2) is 42.9 Å². The largest absolute Gasteiger partial charge is 0.343 e. The molecule has 0 atom stereocenters. The first-order valence-corrected chi connectivity index (χ1v) is 9.51. The quantitative estimate of drug-likeness (QED) is 0.694. The first-order chi connectivity index (χ1) is 12.9. The van der Waals surface area contributed by atoms with Crippen molar-refractivity contribution in [2.24, 2.45) is 0 Å². The molecule has 3 rings (SSSR count). The van der Waals surface area contributed by atoms with Gasteiger partial charge in [0.25, 0.3) is 5.91 Å². The summed E-state index contributed by atoms with van der Waals surface area (Å²) in [6.07, 6.45) is 0. The summed E-state index contributed by atoms with van der Waals surface area (Å²) in [6, 6.07) is 15.0. The first-order valence-electron chi connectivity index (χ1n) is 8.07. The Morgan fingerprint density at radius 3 is 2.37 bits per heavy atom. The van der Waals surface area contributed by atoms with Crippen LogP contribution in [-0.2, 0) is 16.6 Å². The third-order valence-electron chi connectivity index (χ3n) is 3.80. The fourth-order valence-electron chi connectivity index (χ4n) is 2.28. The van der Waals surface area contributed by atoms with Crippen LogP contribution in [0.4, 0.5) is 0 Å². The van der Waals surface area contributed by atoms with Crippen LogP contribution in [0.3, 0.4) is 0 Å². The molecule has 27 heavy (non-hydrogen) atoms. The Bertz CT molecular complexity index is 1030. The van der Waals surface area contributed by atoms with Gasteiger partial charge in [0, 0.05) is 25.2 Å². The zero-order valence-corrected chi connectivity index (χ0v) is 15.6. The second-order valence-corrected chi connectivity index (χ2v) is 8.02. The van der Waals surface area contributed by atoms with Crippen molar-refractivity contribution in [2.75, 3.05) is 14.1 Å². The standard InChI is InChI=1S/C18H18N4O4S/c1-22(2)27(24,25)15-10-8-14(9-11-15)18(23)19-12-16-20-17(21-26-16)13-6-4-3-5-7-13/h3-11H,12H2,1-2H3,(H,19,23). The number of rotatable bonds is 6. The monoisotopic (exact) mass is 386 g/mol. The number of sulfonamides is 1. The smallest absolute Gasteiger partial charge is 0.251 e. The number of nitrogens with zero attached hydrogens (tertiary/aromatic N) is 3. The minimum Gasteiger partial charge on any atom is -0.343 e. The predicted molar refractivity (Wildman–Crippen MR) is 98.2 cm³/mol. The van der Waals surface area contributed by atoms with Crippen LogP contribution in [0.5, 0.6) is 0 Å². The second kappa shape index (κ2) is 7.68. The van der Waals surface area contributed by atoms with Gasteiger partial charge in [-0.2, -0.15) is 4.98 Å². The second-order valence-electron chi connectivity index (χ2n) is 5.87. The first kappa shape index (κ1) is 18.7. The van der Waals surface area contributed by atoms with E-state index in [-0.39, 0.29) is 23.2 Å². The molecule has 0 bridgehead atoms. The number of aromatic nitrogens is 2. The van der Waals surface area contributed by atoms with Crippen molar-refractivity contribution in [3.63, 3.8) is 0 Å². The van der Waals surface area contributed by atoms with Crippen LogP contribution in [0.1, 0.15) is 16.2 Å². The maximum Gasteiger partial charge on any atom is 0.251 e. The molecule has 2 aromatic carbocycles. The molecule has 1 amide bonds. The van der Waals surface area contributed by atoms with E-state index in [0.717, 1.165) is 9.87 Å². The van der Waals surface area contributed by atoms with Crippen molar-refractivity contribution in [2.45, 2.75) is 11.4 Å². The van der Waals surface area contributed by atoms with Gasteiger partial charge in [0.1, 0.15) is 0 Å². The number of nitrogens with one attached hydrogen (secondary N) is 1. The highest BCUT2D eigenvalue weighted by atomic mass is 32.2. The molecule has 0 saturated carbocycles. The van der Waals surface area contributed by atoms with E-state index in [9.17, 15) is 13.2 Å². The molecule has 0 spiro atoms. The molecule has 8 nitrogen and oxygen atoms in total. The summed E-state index contributed by atoms with van der Waals surface area (Å²) in [4.78, 5) is 16.6. The SMILES string of the molecule is CN(C)S(=O)(=O)c1ccc(C(=O)NCc2nc(-c3ccccc3)no2)cc1. The maximum absolute atomic E-state index is 12.2. The zero-order valence-electron chi connectivity index (χ0n) is 14.8. The summed E-state index contributed by atoms with van der Waals surface area (Å²) in [5.74, 6) is 0.343. The van der Waals surface area contributed by atoms with E-state index in [1.54, 1.807) is 0 Å². The molecule has 0 radical (unpaired) electrons. The van der Waals surface area contributed by atoms with Crippen molar-refractivity contribution >= 4 is 15.9 Å². The third kappa shape index (κ3) is 4.21. The summed E-state index contributed by atoms with van der Waals surface area (Å²) in [5, 5.41) is 6.55. The lowest BCUT2D eigenvalue weighted by atomic mass is 10.2. The Kier molecular flexibility index (Phi) is 5.33. The Labute approximate surface area is 156 Å². The molecule has 9 heteroatoms. The zero-order chi connectivity index (χ0) is 19.4. The Hall–Kier alpha value is -3.04. The molecule has 0 fully saturated rings. The van der Waals surface area contributed by atoms with Crippen molar-refractivity contribution < 1.29 is 17.7 Å². The van der Waals surface area contributed by atoms with E-state index in [4.69, 9.17) is 4.52 Å². The van der Waals surface area contributed by atoms with Crippen molar-refractivity contribution in [1.29, 1.82) is 0 Å². The van der Waals surface area contributed by atoms with E-state index in [1.165, 1.54) is 38.4 Å². The molecule has 0 aliphatic heterocycles. The van der Waals surface area contributed by atoms with Crippen molar-refractivity contribution in [3.05, 3.63) is 66.1 Å². The molecule has 0 saturated heterocycles. The third-order valence-corrected chi connectivity index (χ3v) is 5.62. The molecule has 1 N–H and O–H groups in total. The van der Waals surface area contributed by atoms with Gasteiger partial charge in [-0.15, -0.1) is 0 Å². The lowest BCUT2D eigenvalue weighted by Gasteiger charge is -2.11. The highest BCUT2D eigenvalue weighted by Gasteiger charge is 2.17. The normalized spacial score (nSPS) is 11.5. The summed E-state index contributed by atoms with van der Waals surface area (Å²) < 4.78 is 30.3. The molecule has 140 valence electrons. The average Bonchev–Trinajstić information content (AvgIpc) is 3.16. The Balaban J connectivity index is 1.64. The number of carbonyl (C=O) groups excluding carboxylic acids is 1. The van der Waals surface area contributed by atoms with Gasteiger partial charge >= 0.3 is 0 Å². The summed E-state index contributed by atoms with van der Waals surface area (Å²) in [6.45, 7) is 0.0659. The predicted octanol–water partition coefficient (Wildman–Crippen LogP) is 1.92. The molecule has 0 aliphatic carbocycles.